The summed E-state index contributed by atoms with van der Waals surface area (Å²) >= 11 is 0. The maximum atomic E-state index is 10.2. The van der Waals surface area contributed by atoms with E-state index in [0.717, 1.165) is 0 Å². The van der Waals surface area contributed by atoms with Gasteiger partial charge in [-0.1, -0.05) is 19.3 Å². The molecular formula is C6H5BLi2O3. The second kappa shape index (κ2) is 6.69. The Morgan fingerprint density at radius 1 is 1.00 bits per heavy atom. The molecule has 1 rings (SSSR count). The molecule has 0 bridgehead atoms. The summed E-state index contributed by atoms with van der Waals surface area (Å²) in [7, 11) is -1.96. The third kappa shape index (κ3) is 4.28. The van der Waals surface area contributed by atoms with Crippen LogP contribution in [-0.4, -0.2) is 12.2 Å². The summed E-state index contributed by atoms with van der Waals surface area (Å²) in [6.45, 7) is 0. The second-order valence-corrected chi connectivity index (χ2v) is 1.92. The predicted octanol–water partition coefficient (Wildman–Crippen LogP) is -8.18. The van der Waals surface area contributed by atoms with E-state index in [1.807, 2.05) is 0 Å². The van der Waals surface area contributed by atoms with Gasteiger partial charge in [0.15, 0.2) is 0 Å². The molecule has 0 heterocycles. The van der Waals surface area contributed by atoms with E-state index < -0.39 is 7.12 Å². The van der Waals surface area contributed by atoms with Crippen molar-refractivity contribution in [3.63, 3.8) is 0 Å². The zero-order valence-corrected chi connectivity index (χ0v) is 7.15. The summed E-state index contributed by atoms with van der Waals surface area (Å²) in [5, 5.41) is 29.1. The van der Waals surface area contributed by atoms with Gasteiger partial charge in [0.2, 0.25) is 0 Å². The molecule has 0 aliphatic heterocycles. The molecule has 0 amide bonds. The Balaban J connectivity index is 0. The van der Waals surface area contributed by atoms with E-state index in [1.165, 1.54) is 24.3 Å². The fraction of sp³-hybridized carbons (Fsp3) is 0. The van der Waals surface area contributed by atoms with Gasteiger partial charge in [-0.25, -0.2) is 0 Å². The molecule has 0 unspecified atom stereocenters. The third-order valence-corrected chi connectivity index (χ3v) is 1.17. The van der Waals surface area contributed by atoms with Crippen molar-refractivity contribution in [2.45, 2.75) is 0 Å². The monoisotopic (exact) mass is 150 g/mol. The molecule has 1 aromatic carbocycles. The van der Waals surface area contributed by atoms with E-state index in [-0.39, 0.29) is 48.9 Å². The van der Waals surface area contributed by atoms with Crippen LogP contribution in [0.5, 0.6) is 5.75 Å². The Morgan fingerprint density at radius 2 is 1.42 bits per heavy atom. The van der Waals surface area contributed by atoms with Crippen LogP contribution in [0.3, 0.4) is 0 Å². The molecule has 12 heavy (non-hydrogen) atoms. The Labute approximate surface area is 95.3 Å². The van der Waals surface area contributed by atoms with E-state index in [2.05, 4.69) is 0 Å². The minimum atomic E-state index is -1.96. The molecule has 52 valence electrons. The number of phenolic OH excluding ortho intramolecular Hbond substituents is 1. The van der Waals surface area contributed by atoms with Crippen molar-refractivity contribution >= 4 is 12.6 Å². The normalized spacial score (nSPS) is 7.83. The molecule has 0 saturated carbocycles. The average Bonchev–Trinajstić information content (AvgIpc) is 1.88. The minimum absolute atomic E-state index is 0. The zero-order valence-electron chi connectivity index (χ0n) is 7.15. The maximum absolute atomic E-state index is 10.2. The molecule has 0 fully saturated rings. The van der Waals surface area contributed by atoms with Gasteiger partial charge in [0.25, 0.3) is 0 Å². The number of rotatable bonds is 1. The summed E-state index contributed by atoms with van der Waals surface area (Å²) in [4.78, 5) is 0. The Hall–Kier alpha value is 0.200. The molecule has 1 N–H and O–H groups in total. The Kier molecular flexibility index (Phi) is 8.20. The van der Waals surface area contributed by atoms with Crippen molar-refractivity contribution < 1.29 is 52.9 Å². The first-order valence-electron chi connectivity index (χ1n) is 2.81. The molecule has 6 heteroatoms. The Bertz CT molecular complexity index is 215. The van der Waals surface area contributed by atoms with Crippen molar-refractivity contribution in [1.29, 1.82) is 0 Å². The second-order valence-electron chi connectivity index (χ2n) is 1.92. The van der Waals surface area contributed by atoms with Crippen LogP contribution in [0.25, 0.3) is 0 Å². The predicted molar refractivity (Wildman–Crippen MR) is 33.5 cm³/mol. The number of phenols is 1. The molecule has 0 radical (unpaired) electrons. The van der Waals surface area contributed by atoms with Gasteiger partial charge in [-0.05, 0) is 12.1 Å². The fourth-order valence-electron chi connectivity index (χ4n) is 0.631. The quantitative estimate of drug-likeness (QED) is 0.404. The molecule has 0 atom stereocenters. The molecule has 3 nitrogen and oxygen atoms in total. The summed E-state index contributed by atoms with van der Waals surface area (Å²) < 4.78 is 0. The first kappa shape index (κ1) is 14.7. The minimum Gasteiger partial charge on any atom is -0.889 e. The molecule has 0 aliphatic rings. The van der Waals surface area contributed by atoms with Crippen molar-refractivity contribution in [2.75, 3.05) is 0 Å². The number of benzene rings is 1. The summed E-state index contributed by atoms with van der Waals surface area (Å²) in [5.41, 5.74) is 0.151. The molecule has 0 aliphatic carbocycles. The Morgan fingerprint density at radius 3 is 1.75 bits per heavy atom. The van der Waals surface area contributed by atoms with Gasteiger partial charge in [0.1, 0.15) is 5.75 Å². The van der Waals surface area contributed by atoms with Crippen LogP contribution in [-0.2, 0) is 0 Å². The van der Waals surface area contributed by atoms with Crippen LogP contribution >= 0.6 is 0 Å². The summed E-state index contributed by atoms with van der Waals surface area (Å²) in [6.07, 6.45) is 0. The van der Waals surface area contributed by atoms with Crippen LogP contribution in [0, 0.1) is 0 Å². The van der Waals surface area contributed by atoms with Crippen molar-refractivity contribution in [1.82, 2.24) is 0 Å². The van der Waals surface area contributed by atoms with Crippen molar-refractivity contribution in [3.05, 3.63) is 24.3 Å². The number of hydrogen-bond donors (Lipinski definition) is 1. The molecule has 0 spiro atoms. The van der Waals surface area contributed by atoms with Crippen LogP contribution in [0.1, 0.15) is 0 Å². The van der Waals surface area contributed by atoms with Gasteiger partial charge in [0, 0.05) is 0 Å². The molecular weight excluding hydrogens is 145 g/mol. The molecule has 1 aromatic rings. The van der Waals surface area contributed by atoms with Crippen molar-refractivity contribution in [3.8, 4) is 5.75 Å². The third-order valence-electron chi connectivity index (χ3n) is 1.17. The van der Waals surface area contributed by atoms with Gasteiger partial charge in [-0.2, -0.15) is 0 Å². The van der Waals surface area contributed by atoms with Crippen LogP contribution < -0.4 is 53.2 Å². The molecule has 0 saturated heterocycles. The standard InChI is InChI=1S/C6H5BO3.2Li/c8-6-3-1-5(2-4-6)7(9)10;;/h1-4,8H;;/q-2;2*+1. The fourth-order valence-corrected chi connectivity index (χ4v) is 0.631. The van der Waals surface area contributed by atoms with Gasteiger partial charge >= 0.3 is 37.7 Å². The molecule has 0 aromatic heterocycles. The topological polar surface area (TPSA) is 66.3 Å². The van der Waals surface area contributed by atoms with Crippen LogP contribution in [0.15, 0.2) is 24.3 Å². The van der Waals surface area contributed by atoms with Gasteiger partial charge < -0.3 is 15.2 Å². The van der Waals surface area contributed by atoms with E-state index >= 15 is 0 Å². The first-order chi connectivity index (χ1) is 4.70. The van der Waals surface area contributed by atoms with Gasteiger partial charge in [-0.3, -0.25) is 0 Å². The number of aromatic hydroxyl groups is 1. The van der Waals surface area contributed by atoms with Crippen molar-refractivity contribution in [2.24, 2.45) is 0 Å². The largest absolute Gasteiger partial charge is 1.00 e. The summed E-state index contributed by atoms with van der Waals surface area (Å²) in [5.74, 6) is 0.0596. The van der Waals surface area contributed by atoms with E-state index in [0.29, 0.717) is 0 Å². The van der Waals surface area contributed by atoms with Crippen LogP contribution in [0.4, 0.5) is 0 Å². The van der Waals surface area contributed by atoms with E-state index in [4.69, 9.17) is 5.11 Å². The van der Waals surface area contributed by atoms with Gasteiger partial charge in [0.05, 0.1) is 0 Å². The maximum Gasteiger partial charge on any atom is 1.00 e. The van der Waals surface area contributed by atoms with Gasteiger partial charge in [-0.15, -0.1) is 5.46 Å². The average molecular weight is 150 g/mol. The summed E-state index contributed by atoms with van der Waals surface area (Å²) in [6, 6.07) is 5.27. The van der Waals surface area contributed by atoms with E-state index in [1.54, 1.807) is 0 Å². The van der Waals surface area contributed by atoms with E-state index in [9.17, 15) is 10.0 Å². The van der Waals surface area contributed by atoms with Crippen LogP contribution in [0.2, 0.25) is 0 Å². The SMILES string of the molecule is [Li+].[Li+].[O-]B([O-])c1ccc(O)cc1. The zero-order chi connectivity index (χ0) is 7.56. The first-order valence-corrected chi connectivity index (χ1v) is 2.81. The smallest absolute Gasteiger partial charge is 0.889 e. The number of hydrogen-bond acceptors (Lipinski definition) is 3.